The molecule has 0 saturated carbocycles. The average Bonchev–Trinajstić information content (AvgIpc) is 2.16. The van der Waals surface area contributed by atoms with Gasteiger partial charge in [0.2, 0.25) is 0 Å². The van der Waals surface area contributed by atoms with Crippen LogP contribution >= 0.6 is 0 Å². The predicted octanol–water partition coefficient (Wildman–Crippen LogP) is 3.04. The Balaban J connectivity index is 2.60. The quantitative estimate of drug-likeness (QED) is 0.841. The van der Waals surface area contributed by atoms with Gasteiger partial charge >= 0.3 is 6.18 Å². The van der Waals surface area contributed by atoms with Gasteiger partial charge in [-0.25, -0.2) is 0 Å². The highest BCUT2D eigenvalue weighted by molar-refractivity contribution is 4.92. The topological polar surface area (TPSA) is 15.3 Å². The van der Waals surface area contributed by atoms with Gasteiger partial charge in [0.05, 0.1) is 6.42 Å². The SMILES string of the molecule is CC(C)CC1CNC(C)(C)CN1CCC(F)(F)F. The Labute approximate surface area is 108 Å². The Morgan fingerprint density at radius 3 is 2.44 bits per heavy atom. The molecule has 0 spiro atoms. The minimum absolute atomic E-state index is 0.0981. The summed E-state index contributed by atoms with van der Waals surface area (Å²) in [5.74, 6) is 0.506. The van der Waals surface area contributed by atoms with Crippen molar-refractivity contribution in [3.05, 3.63) is 0 Å². The van der Waals surface area contributed by atoms with Crippen LogP contribution in [0.1, 0.15) is 40.5 Å². The summed E-state index contributed by atoms with van der Waals surface area (Å²) in [5.41, 5.74) is -0.0981. The highest BCUT2D eigenvalue weighted by Crippen LogP contribution is 2.24. The molecular weight excluding hydrogens is 241 g/mol. The smallest absolute Gasteiger partial charge is 0.309 e. The first-order valence-electron chi connectivity index (χ1n) is 6.65. The zero-order chi connectivity index (χ0) is 14.0. The first-order chi connectivity index (χ1) is 8.09. The molecule has 108 valence electrons. The Bertz CT molecular complexity index is 261. The van der Waals surface area contributed by atoms with Crippen LogP contribution in [0.3, 0.4) is 0 Å². The Morgan fingerprint density at radius 2 is 1.94 bits per heavy atom. The van der Waals surface area contributed by atoms with Crippen molar-refractivity contribution in [1.29, 1.82) is 0 Å². The molecule has 18 heavy (non-hydrogen) atoms. The second-order valence-corrected chi connectivity index (χ2v) is 6.38. The highest BCUT2D eigenvalue weighted by atomic mass is 19.4. The molecule has 1 unspecified atom stereocenters. The Hall–Kier alpha value is -0.290. The third-order valence-electron chi connectivity index (χ3n) is 3.36. The standard InChI is InChI=1S/C13H25F3N2/c1-10(2)7-11-8-17-12(3,4)9-18(11)6-5-13(14,15)16/h10-11,17H,5-9H2,1-4H3. The van der Waals surface area contributed by atoms with Crippen molar-refractivity contribution < 1.29 is 13.2 Å². The number of nitrogens with one attached hydrogen (secondary N) is 1. The molecule has 1 aliphatic rings. The van der Waals surface area contributed by atoms with E-state index in [1.54, 1.807) is 0 Å². The molecule has 0 amide bonds. The van der Waals surface area contributed by atoms with Crippen LogP contribution < -0.4 is 5.32 Å². The number of hydrogen-bond donors (Lipinski definition) is 1. The van der Waals surface area contributed by atoms with Gasteiger partial charge < -0.3 is 5.32 Å². The van der Waals surface area contributed by atoms with E-state index in [1.165, 1.54) is 0 Å². The summed E-state index contributed by atoms with van der Waals surface area (Å²) in [4.78, 5) is 2.00. The van der Waals surface area contributed by atoms with Crippen LogP contribution in [0.2, 0.25) is 0 Å². The molecule has 5 heteroatoms. The number of hydrogen-bond acceptors (Lipinski definition) is 2. The molecule has 0 bridgehead atoms. The maximum Gasteiger partial charge on any atom is 0.390 e. The van der Waals surface area contributed by atoms with Gasteiger partial charge in [-0.15, -0.1) is 0 Å². The van der Waals surface area contributed by atoms with Crippen molar-refractivity contribution in [2.75, 3.05) is 19.6 Å². The molecule has 0 aromatic carbocycles. The normalized spacial score (nSPS) is 25.7. The summed E-state index contributed by atoms with van der Waals surface area (Å²) in [7, 11) is 0. The summed E-state index contributed by atoms with van der Waals surface area (Å²) in [6, 6.07) is 0.223. The summed E-state index contributed by atoms with van der Waals surface area (Å²) < 4.78 is 37.1. The minimum atomic E-state index is -4.06. The van der Waals surface area contributed by atoms with E-state index < -0.39 is 12.6 Å². The largest absolute Gasteiger partial charge is 0.390 e. The molecule has 0 aromatic rings. The number of rotatable bonds is 4. The predicted molar refractivity (Wildman–Crippen MR) is 67.6 cm³/mol. The van der Waals surface area contributed by atoms with Gasteiger partial charge in [-0.2, -0.15) is 13.2 Å². The molecular formula is C13H25F3N2. The second kappa shape index (κ2) is 5.78. The van der Waals surface area contributed by atoms with Crippen molar-refractivity contribution in [2.45, 2.75) is 58.3 Å². The monoisotopic (exact) mass is 266 g/mol. The third kappa shape index (κ3) is 5.57. The van der Waals surface area contributed by atoms with Crippen LogP contribution in [0.25, 0.3) is 0 Å². The van der Waals surface area contributed by atoms with Crippen LogP contribution in [-0.4, -0.2) is 42.3 Å². The van der Waals surface area contributed by atoms with Gasteiger partial charge in [0, 0.05) is 31.2 Å². The maximum atomic E-state index is 12.4. The van der Waals surface area contributed by atoms with Gasteiger partial charge in [0.1, 0.15) is 0 Å². The van der Waals surface area contributed by atoms with Crippen LogP contribution in [0.5, 0.6) is 0 Å². The van der Waals surface area contributed by atoms with Gasteiger partial charge in [-0.05, 0) is 26.2 Å². The summed E-state index contributed by atoms with van der Waals surface area (Å²) in [5, 5.41) is 3.42. The van der Waals surface area contributed by atoms with Crippen LogP contribution in [0, 0.1) is 5.92 Å². The number of halogens is 3. The fourth-order valence-corrected chi connectivity index (χ4v) is 2.52. The van der Waals surface area contributed by atoms with Crippen LogP contribution in [0.15, 0.2) is 0 Å². The molecule has 0 aliphatic carbocycles. The Morgan fingerprint density at radius 1 is 1.33 bits per heavy atom. The molecule has 1 fully saturated rings. The first kappa shape index (κ1) is 15.8. The van der Waals surface area contributed by atoms with Crippen molar-refractivity contribution in [2.24, 2.45) is 5.92 Å². The summed E-state index contributed by atoms with van der Waals surface area (Å²) in [6.07, 6.45) is -3.82. The van der Waals surface area contributed by atoms with Crippen LogP contribution in [0.4, 0.5) is 13.2 Å². The number of nitrogens with zero attached hydrogens (tertiary/aromatic N) is 1. The second-order valence-electron chi connectivity index (χ2n) is 6.38. The van der Waals surface area contributed by atoms with E-state index in [0.29, 0.717) is 12.5 Å². The maximum absolute atomic E-state index is 12.4. The molecule has 1 N–H and O–H groups in total. The van der Waals surface area contributed by atoms with E-state index in [2.05, 4.69) is 19.2 Å². The molecule has 1 rings (SSSR count). The molecule has 1 aliphatic heterocycles. The summed E-state index contributed by atoms with van der Waals surface area (Å²) in [6.45, 7) is 9.89. The van der Waals surface area contributed by atoms with E-state index >= 15 is 0 Å². The lowest BCUT2D eigenvalue weighted by Gasteiger charge is -2.45. The van der Waals surface area contributed by atoms with Crippen molar-refractivity contribution in [3.8, 4) is 0 Å². The highest BCUT2D eigenvalue weighted by Gasteiger charge is 2.35. The molecule has 1 heterocycles. The van der Waals surface area contributed by atoms with Gasteiger partial charge in [0.25, 0.3) is 0 Å². The zero-order valence-corrected chi connectivity index (χ0v) is 11.8. The minimum Gasteiger partial charge on any atom is -0.309 e. The molecule has 0 radical (unpaired) electrons. The lowest BCUT2D eigenvalue weighted by atomic mass is 9.94. The molecule has 2 nitrogen and oxygen atoms in total. The first-order valence-corrected chi connectivity index (χ1v) is 6.65. The average molecular weight is 266 g/mol. The molecule has 0 aromatic heterocycles. The fourth-order valence-electron chi connectivity index (χ4n) is 2.52. The lowest BCUT2D eigenvalue weighted by molar-refractivity contribution is -0.140. The summed E-state index contributed by atoms with van der Waals surface area (Å²) >= 11 is 0. The Kier molecular flexibility index (Phi) is 5.06. The van der Waals surface area contributed by atoms with Gasteiger partial charge in [-0.3, -0.25) is 4.90 Å². The van der Waals surface area contributed by atoms with Gasteiger partial charge in [0.15, 0.2) is 0 Å². The van der Waals surface area contributed by atoms with E-state index in [1.807, 2.05) is 18.7 Å². The molecule has 1 saturated heterocycles. The zero-order valence-electron chi connectivity index (χ0n) is 11.8. The number of alkyl halides is 3. The molecule has 1 atom stereocenters. The lowest BCUT2D eigenvalue weighted by Crippen LogP contribution is -2.62. The van der Waals surface area contributed by atoms with E-state index in [9.17, 15) is 13.2 Å². The van der Waals surface area contributed by atoms with E-state index in [0.717, 1.165) is 13.0 Å². The van der Waals surface area contributed by atoms with Crippen molar-refractivity contribution in [1.82, 2.24) is 10.2 Å². The third-order valence-corrected chi connectivity index (χ3v) is 3.36. The van der Waals surface area contributed by atoms with Crippen molar-refractivity contribution in [3.63, 3.8) is 0 Å². The van der Waals surface area contributed by atoms with E-state index in [4.69, 9.17) is 0 Å². The van der Waals surface area contributed by atoms with Crippen LogP contribution in [-0.2, 0) is 0 Å². The van der Waals surface area contributed by atoms with Crippen molar-refractivity contribution >= 4 is 0 Å². The van der Waals surface area contributed by atoms with E-state index in [-0.39, 0.29) is 18.1 Å². The fraction of sp³-hybridized carbons (Fsp3) is 1.00. The number of piperazine rings is 1. The van der Waals surface area contributed by atoms with Gasteiger partial charge in [-0.1, -0.05) is 13.8 Å².